The van der Waals surface area contributed by atoms with E-state index in [2.05, 4.69) is 59.7 Å². The van der Waals surface area contributed by atoms with Crippen molar-refractivity contribution in [3.63, 3.8) is 0 Å². The Hall–Kier alpha value is -1.22. The van der Waals surface area contributed by atoms with Gasteiger partial charge in [0.25, 0.3) is 0 Å². The summed E-state index contributed by atoms with van der Waals surface area (Å²) in [6.07, 6.45) is 5.25. The molecule has 0 radical (unpaired) electrons. The summed E-state index contributed by atoms with van der Waals surface area (Å²) >= 11 is 0. The summed E-state index contributed by atoms with van der Waals surface area (Å²) in [5.74, 6) is 3.32. The quantitative estimate of drug-likeness (QED) is 0.354. The lowest BCUT2D eigenvalue weighted by Crippen LogP contribution is -2.38. The minimum atomic E-state index is -0.000243. The van der Waals surface area contributed by atoms with E-state index in [1.807, 2.05) is 13.0 Å². The maximum absolute atomic E-state index is 5.25. The van der Waals surface area contributed by atoms with Crippen molar-refractivity contribution in [3.8, 4) is 12.3 Å². The smallest absolute Gasteiger partial charge is 0.192 e. The molecule has 3 nitrogen and oxygen atoms in total. The molecular formula is C16H24IN3. The molecule has 1 aromatic rings. The van der Waals surface area contributed by atoms with E-state index in [9.17, 15) is 0 Å². The molecule has 0 heterocycles. The van der Waals surface area contributed by atoms with Crippen molar-refractivity contribution in [2.45, 2.75) is 26.2 Å². The Bertz CT molecular complexity index is 447. The third-order valence-corrected chi connectivity index (χ3v) is 2.89. The van der Waals surface area contributed by atoms with Crippen LogP contribution in [0.15, 0.2) is 35.3 Å². The molecule has 0 fully saturated rings. The van der Waals surface area contributed by atoms with Crippen molar-refractivity contribution in [1.82, 2.24) is 10.6 Å². The van der Waals surface area contributed by atoms with E-state index >= 15 is 0 Å². The SMILES string of the molecule is C#CCNC(=NCC(C)(C)c1ccccc1)NCC.I. The van der Waals surface area contributed by atoms with Crippen LogP contribution in [0, 0.1) is 12.3 Å². The van der Waals surface area contributed by atoms with Gasteiger partial charge in [-0.3, -0.25) is 4.99 Å². The minimum Gasteiger partial charge on any atom is -0.357 e. The van der Waals surface area contributed by atoms with E-state index in [0.29, 0.717) is 13.1 Å². The summed E-state index contributed by atoms with van der Waals surface area (Å²) in [6.45, 7) is 8.43. The molecule has 110 valence electrons. The number of hydrogen-bond acceptors (Lipinski definition) is 1. The molecule has 0 atom stereocenters. The van der Waals surface area contributed by atoms with E-state index in [-0.39, 0.29) is 29.4 Å². The van der Waals surface area contributed by atoms with Crippen molar-refractivity contribution in [1.29, 1.82) is 0 Å². The van der Waals surface area contributed by atoms with Crippen LogP contribution in [0.5, 0.6) is 0 Å². The van der Waals surface area contributed by atoms with Crippen LogP contribution >= 0.6 is 24.0 Å². The van der Waals surface area contributed by atoms with Gasteiger partial charge in [-0.2, -0.15) is 0 Å². The third-order valence-electron chi connectivity index (χ3n) is 2.89. The number of benzene rings is 1. The monoisotopic (exact) mass is 385 g/mol. The Kier molecular flexibility index (Phi) is 9.06. The predicted octanol–water partition coefficient (Wildman–Crippen LogP) is 2.77. The Morgan fingerprint density at radius 1 is 1.25 bits per heavy atom. The molecule has 0 aliphatic rings. The summed E-state index contributed by atoms with van der Waals surface area (Å²) in [5.41, 5.74) is 1.28. The average molecular weight is 385 g/mol. The van der Waals surface area contributed by atoms with Gasteiger partial charge in [0.1, 0.15) is 0 Å². The number of hydrogen-bond donors (Lipinski definition) is 2. The second kappa shape index (κ2) is 9.65. The van der Waals surface area contributed by atoms with E-state index in [1.165, 1.54) is 5.56 Å². The number of guanidine groups is 1. The molecule has 4 heteroatoms. The lowest BCUT2D eigenvalue weighted by Gasteiger charge is -2.23. The molecule has 0 saturated heterocycles. The van der Waals surface area contributed by atoms with E-state index in [4.69, 9.17) is 6.42 Å². The maximum Gasteiger partial charge on any atom is 0.192 e. The molecule has 1 aromatic carbocycles. The van der Waals surface area contributed by atoms with Crippen molar-refractivity contribution < 1.29 is 0 Å². The molecule has 20 heavy (non-hydrogen) atoms. The zero-order chi connectivity index (χ0) is 14.1. The predicted molar refractivity (Wildman–Crippen MR) is 97.7 cm³/mol. The topological polar surface area (TPSA) is 36.4 Å². The number of halogens is 1. The van der Waals surface area contributed by atoms with E-state index in [0.717, 1.165) is 12.5 Å². The Morgan fingerprint density at radius 2 is 1.90 bits per heavy atom. The zero-order valence-corrected chi connectivity index (χ0v) is 14.8. The highest BCUT2D eigenvalue weighted by Gasteiger charge is 2.19. The van der Waals surface area contributed by atoms with Crippen LogP contribution in [-0.4, -0.2) is 25.6 Å². The van der Waals surface area contributed by atoms with E-state index in [1.54, 1.807) is 0 Å². The Balaban J connectivity index is 0.00000361. The number of aliphatic imine (C=N–C) groups is 1. The van der Waals surface area contributed by atoms with Crippen LogP contribution in [-0.2, 0) is 5.41 Å². The second-order valence-electron chi connectivity index (χ2n) is 5.00. The first kappa shape index (κ1) is 18.8. The van der Waals surface area contributed by atoms with Gasteiger partial charge in [0.05, 0.1) is 13.1 Å². The van der Waals surface area contributed by atoms with Crippen LogP contribution in [0.25, 0.3) is 0 Å². The summed E-state index contributed by atoms with van der Waals surface area (Å²) in [5, 5.41) is 6.28. The first-order chi connectivity index (χ1) is 9.10. The van der Waals surface area contributed by atoms with Crippen molar-refractivity contribution in [3.05, 3.63) is 35.9 Å². The lowest BCUT2D eigenvalue weighted by atomic mass is 9.85. The standard InChI is InChI=1S/C16H23N3.HI/c1-5-12-18-15(17-6-2)19-13-16(3,4)14-10-8-7-9-11-14;/h1,7-11H,6,12-13H2,2-4H3,(H2,17,18,19);1H. The van der Waals surface area contributed by atoms with Crippen LogP contribution in [0.2, 0.25) is 0 Å². The number of rotatable bonds is 5. The van der Waals surface area contributed by atoms with Gasteiger partial charge in [-0.25, -0.2) is 0 Å². The van der Waals surface area contributed by atoms with E-state index < -0.39 is 0 Å². The number of nitrogens with one attached hydrogen (secondary N) is 2. The van der Waals surface area contributed by atoms with Gasteiger partial charge < -0.3 is 10.6 Å². The minimum absolute atomic E-state index is 0. The molecule has 0 unspecified atom stereocenters. The van der Waals surface area contributed by atoms with Gasteiger partial charge in [0.2, 0.25) is 0 Å². The highest BCUT2D eigenvalue weighted by molar-refractivity contribution is 14.0. The Labute approximate surface area is 139 Å². The van der Waals surface area contributed by atoms with Crippen LogP contribution < -0.4 is 10.6 Å². The lowest BCUT2D eigenvalue weighted by molar-refractivity contribution is 0.538. The van der Waals surface area contributed by atoms with Gasteiger partial charge in [-0.1, -0.05) is 50.1 Å². The van der Waals surface area contributed by atoms with Gasteiger partial charge in [0, 0.05) is 12.0 Å². The molecule has 0 spiro atoms. The highest BCUT2D eigenvalue weighted by atomic mass is 127. The summed E-state index contributed by atoms with van der Waals surface area (Å²) in [4.78, 5) is 4.60. The molecular weight excluding hydrogens is 361 g/mol. The van der Waals surface area contributed by atoms with Gasteiger partial charge in [0.15, 0.2) is 5.96 Å². The van der Waals surface area contributed by atoms with Crippen molar-refractivity contribution in [2.24, 2.45) is 4.99 Å². The number of terminal acetylenes is 1. The summed E-state index contributed by atoms with van der Waals surface area (Å²) in [6, 6.07) is 10.4. The van der Waals surface area contributed by atoms with Crippen molar-refractivity contribution >= 4 is 29.9 Å². The molecule has 2 N–H and O–H groups in total. The largest absolute Gasteiger partial charge is 0.357 e. The van der Waals surface area contributed by atoms with Gasteiger partial charge >= 0.3 is 0 Å². The molecule has 0 aliphatic heterocycles. The normalized spacial score (nSPS) is 11.2. The number of nitrogens with zero attached hydrogens (tertiary/aromatic N) is 1. The first-order valence-electron chi connectivity index (χ1n) is 6.61. The molecule has 0 aliphatic carbocycles. The molecule has 1 rings (SSSR count). The molecule has 0 aromatic heterocycles. The van der Waals surface area contributed by atoms with Gasteiger partial charge in [-0.15, -0.1) is 30.4 Å². The summed E-state index contributed by atoms with van der Waals surface area (Å²) in [7, 11) is 0. The van der Waals surface area contributed by atoms with Crippen LogP contribution in [0.4, 0.5) is 0 Å². The zero-order valence-electron chi connectivity index (χ0n) is 12.4. The fourth-order valence-electron chi connectivity index (χ4n) is 1.73. The summed E-state index contributed by atoms with van der Waals surface area (Å²) < 4.78 is 0. The highest BCUT2D eigenvalue weighted by Crippen LogP contribution is 2.22. The van der Waals surface area contributed by atoms with Crippen molar-refractivity contribution in [2.75, 3.05) is 19.6 Å². The first-order valence-corrected chi connectivity index (χ1v) is 6.61. The molecule has 0 saturated carbocycles. The fraction of sp³-hybridized carbons (Fsp3) is 0.438. The van der Waals surface area contributed by atoms with Crippen LogP contribution in [0.1, 0.15) is 26.3 Å². The van der Waals surface area contributed by atoms with Crippen LogP contribution in [0.3, 0.4) is 0 Å². The molecule has 0 amide bonds. The van der Waals surface area contributed by atoms with Gasteiger partial charge in [-0.05, 0) is 12.5 Å². The fourth-order valence-corrected chi connectivity index (χ4v) is 1.73. The maximum atomic E-state index is 5.25. The molecule has 0 bridgehead atoms. The Morgan fingerprint density at radius 3 is 2.45 bits per heavy atom. The second-order valence-corrected chi connectivity index (χ2v) is 5.00. The average Bonchev–Trinajstić information content (AvgIpc) is 2.43. The third kappa shape index (κ3) is 6.29.